The first-order valence-electron chi connectivity index (χ1n) is 9.36. The van der Waals surface area contributed by atoms with Gasteiger partial charge in [-0.05, 0) is 73.1 Å². The molecule has 0 aromatic heterocycles. The molecule has 3 heteroatoms. The molecule has 3 aliphatic rings. The zero-order valence-corrected chi connectivity index (χ0v) is 15.1. The van der Waals surface area contributed by atoms with Crippen LogP contribution in [-0.2, 0) is 33.5 Å². The van der Waals surface area contributed by atoms with Gasteiger partial charge in [-0.25, -0.2) is 0 Å². The minimum Gasteiger partial charge on any atom is -0.462 e. The van der Waals surface area contributed by atoms with Crippen molar-refractivity contribution in [1.82, 2.24) is 0 Å². The fourth-order valence-electron chi connectivity index (χ4n) is 5.57. The number of fused-ring (bicyclic) bond motifs is 5. The van der Waals surface area contributed by atoms with Gasteiger partial charge in [0.1, 0.15) is 6.10 Å². The molecule has 3 aliphatic carbocycles. The molecule has 0 heterocycles. The predicted octanol–water partition coefficient (Wildman–Crippen LogP) is 3.95. The number of hydrogen-bond acceptors (Lipinski definition) is 3. The van der Waals surface area contributed by atoms with E-state index in [-0.39, 0.29) is 17.5 Å². The van der Waals surface area contributed by atoms with E-state index in [9.17, 15) is 4.79 Å². The summed E-state index contributed by atoms with van der Waals surface area (Å²) in [6.45, 7) is 3.87. The van der Waals surface area contributed by atoms with Gasteiger partial charge in [-0.1, -0.05) is 19.1 Å². The Balaban J connectivity index is 1.68. The molecule has 1 aromatic rings. The van der Waals surface area contributed by atoms with Crippen molar-refractivity contribution in [1.29, 1.82) is 0 Å². The van der Waals surface area contributed by atoms with E-state index in [2.05, 4.69) is 19.1 Å². The SMILES string of the molecule is COC1CCc2c(ccc3c2CCC2(C)C(OC(C)=O)CCC32)C1. The smallest absolute Gasteiger partial charge is 0.302 e. The number of esters is 1. The number of benzene rings is 1. The molecule has 0 spiro atoms. The fourth-order valence-corrected chi connectivity index (χ4v) is 5.57. The summed E-state index contributed by atoms with van der Waals surface area (Å²) in [6, 6.07) is 4.70. The molecular weight excluding hydrogens is 300 g/mol. The van der Waals surface area contributed by atoms with Crippen LogP contribution in [0.15, 0.2) is 12.1 Å². The third-order valence-electron chi connectivity index (χ3n) is 6.91. The van der Waals surface area contributed by atoms with Gasteiger partial charge in [0.15, 0.2) is 0 Å². The number of carbonyl (C=O) groups excluding carboxylic acids is 1. The predicted molar refractivity (Wildman–Crippen MR) is 93.2 cm³/mol. The van der Waals surface area contributed by atoms with Crippen molar-refractivity contribution in [3.05, 3.63) is 34.4 Å². The van der Waals surface area contributed by atoms with Crippen molar-refractivity contribution < 1.29 is 14.3 Å². The molecule has 130 valence electrons. The molecule has 4 unspecified atom stereocenters. The molecule has 0 N–H and O–H groups in total. The molecule has 0 radical (unpaired) electrons. The zero-order chi connectivity index (χ0) is 16.9. The van der Waals surface area contributed by atoms with Crippen molar-refractivity contribution in [2.75, 3.05) is 7.11 Å². The zero-order valence-electron chi connectivity index (χ0n) is 15.1. The summed E-state index contributed by atoms with van der Waals surface area (Å²) >= 11 is 0. The molecular formula is C21H28O3. The number of carbonyl (C=O) groups is 1. The summed E-state index contributed by atoms with van der Waals surface area (Å²) in [4.78, 5) is 11.5. The molecule has 24 heavy (non-hydrogen) atoms. The van der Waals surface area contributed by atoms with Gasteiger partial charge in [0.25, 0.3) is 0 Å². The minimum atomic E-state index is -0.135. The van der Waals surface area contributed by atoms with E-state index < -0.39 is 0 Å². The highest BCUT2D eigenvalue weighted by molar-refractivity contribution is 5.66. The first-order chi connectivity index (χ1) is 11.5. The lowest BCUT2D eigenvalue weighted by molar-refractivity contribution is -0.152. The third kappa shape index (κ3) is 2.40. The second-order valence-corrected chi connectivity index (χ2v) is 8.11. The summed E-state index contributed by atoms with van der Waals surface area (Å²) < 4.78 is 11.3. The standard InChI is InChI=1S/C21H28O3/c1-13(22)24-20-9-8-19-18-6-4-14-12-15(23-3)5-7-16(14)17(18)10-11-21(19,20)2/h4,6,15,19-20H,5,7-12H2,1-3H3. The Kier molecular flexibility index (Phi) is 3.95. The molecule has 0 aliphatic heterocycles. The van der Waals surface area contributed by atoms with Crippen LogP contribution in [0.3, 0.4) is 0 Å². The molecule has 0 amide bonds. The van der Waals surface area contributed by atoms with E-state index in [4.69, 9.17) is 9.47 Å². The van der Waals surface area contributed by atoms with Gasteiger partial charge in [0.05, 0.1) is 6.10 Å². The summed E-state index contributed by atoms with van der Waals surface area (Å²) in [6.07, 6.45) is 8.20. The summed E-state index contributed by atoms with van der Waals surface area (Å²) in [5.74, 6) is 0.403. The number of rotatable bonds is 2. The topological polar surface area (TPSA) is 35.5 Å². The van der Waals surface area contributed by atoms with Crippen LogP contribution < -0.4 is 0 Å². The van der Waals surface area contributed by atoms with Crippen molar-refractivity contribution >= 4 is 5.97 Å². The van der Waals surface area contributed by atoms with Gasteiger partial charge in [-0.3, -0.25) is 4.79 Å². The van der Waals surface area contributed by atoms with Crippen LogP contribution in [0.5, 0.6) is 0 Å². The van der Waals surface area contributed by atoms with Gasteiger partial charge in [0, 0.05) is 19.4 Å². The van der Waals surface area contributed by atoms with Gasteiger partial charge >= 0.3 is 5.97 Å². The lowest BCUT2D eigenvalue weighted by atomic mass is 9.64. The largest absolute Gasteiger partial charge is 0.462 e. The highest BCUT2D eigenvalue weighted by atomic mass is 16.5. The van der Waals surface area contributed by atoms with Gasteiger partial charge in [0.2, 0.25) is 0 Å². The molecule has 0 bridgehead atoms. The highest BCUT2D eigenvalue weighted by Gasteiger charge is 2.51. The van der Waals surface area contributed by atoms with E-state index in [1.54, 1.807) is 11.1 Å². The van der Waals surface area contributed by atoms with Crippen LogP contribution in [0.1, 0.15) is 67.7 Å². The van der Waals surface area contributed by atoms with Crippen molar-refractivity contribution in [2.24, 2.45) is 5.41 Å². The Bertz CT molecular complexity index is 665. The monoisotopic (exact) mass is 328 g/mol. The van der Waals surface area contributed by atoms with Crippen LogP contribution in [0.4, 0.5) is 0 Å². The van der Waals surface area contributed by atoms with E-state index in [0.717, 1.165) is 44.9 Å². The quantitative estimate of drug-likeness (QED) is 0.771. The van der Waals surface area contributed by atoms with E-state index in [1.165, 1.54) is 18.1 Å². The number of methoxy groups -OCH3 is 1. The average Bonchev–Trinajstić information content (AvgIpc) is 2.90. The minimum absolute atomic E-state index is 0.0852. The molecule has 1 saturated carbocycles. The van der Waals surface area contributed by atoms with E-state index >= 15 is 0 Å². The van der Waals surface area contributed by atoms with Gasteiger partial charge < -0.3 is 9.47 Å². The highest BCUT2D eigenvalue weighted by Crippen LogP contribution is 2.57. The van der Waals surface area contributed by atoms with Crippen molar-refractivity contribution in [3.63, 3.8) is 0 Å². The third-order valence-corrected chi connectivity index (χ3v) is 6.91. The maximum absolute atomic E-state index is 11.5. The summed E-state index contributed by atoms with van der Waals surface area (Å²) in [7, 11) is 1.83. The van der Waals surface area contributed by atoms with Crippen LogP contribution in [0.25, 0.3) is 0 Å². The second kappa shape index (κ2) is 5.87. The van der Waals surface area contributed by atoms with Crippen LogP contribution in [-0.4, -0.2) is 25.3 Å². The Hall–Kier alpha value is -1.35. The average molecular weight is 328 g/mol. The molecule has 1 aromatic carbocycles. The normalized spacial score (nSPS) is 34.2. The van der Waals surface area contributed by atoms with Crippen molar-refractivity contribution in [2.45, 2.75) is 76.9 Å². The maximum atomic E-state index is 11.5. The first-order valence-corrected chi connectivity index (χ1v) is 9.36. The fraction of sp³-hybridized carbons (Fsp3) is 0.667. The van der Waals surface area contributed by atoms with Crippen LogP contribution in [0.2, 0.25) is 0 Å². The van der Waals surface area contributed by atoms with Gasteiger partial charge in [-0.2, -0.15) is 0 Å². The number of ether oxygens (including phenoxy) is 2. The van der Waals surface area contributed by atoms with E-state index in [1.807, 2.05) is 7.11 Å². The second-order valence-electron chi connectivity index (χ2n) is 8.11. The summed E-state index contributed by atoms with van der Waals surface area (Å²) in [5, 5.41) is 0. The Morgan fingerprint density at radius 1 is 1.17 bits per heavy atom. The van der Waals surface area contributed by atoms with Gasteiger partial charge in [-0.15, -0.1) is 0 Å². The Morgan fingerprint density at radius 3 is 2.75 bits per heavy atom. The molecule has 1 fully saturated rings. The van der Waals surface area contributed by atoms with Crippen LogP contribution in [0, 0.1) is 5.41 Å². The lowest BCUT2D eigenvalue weighted by Crippen LogP contribution is -2.38. The Morgan fingerprint density at radius 2 is 2.00 bits per heavy atom. The Labute approximate surface area is 144 Å². The van der Waals surface area contributed by atoms with Crippen LogP contribution >= 0.6 is 0 Å². The number of hydrogen-bond donors (Lipinski definition) is 0. The van der Waals surface area contributed by atoms with Crippen molar-refractivity contribution in [3.8, 4) is 0 Å². The first kappa shape index (κ1) is 16.1. The molecule has 3 nitrogen and oxygen atoms in total. The lowest BCUT2D eigenvalue weighted by Gasteiger charge is -2.42. The maximum Gasteiger partial charge on any atom is 0.302 e. The molecule has 4 rings (SSSR count). The molecule has 0 saturated heterocycles. The molecule has 4 atom stereocenters. The summed E-state index contributed by atoms with van der Waals surface area (Å²) in [5.41, 5.74) is 6.33. The van der Waals surface area contributed by atoms with E-state index in [0.29, 0.717) is 12.0 Å².